The minimum atomic E-state index is -3.69. The van der Waals surface area contributed by atoms with Gasteiger partial charge in [-0.3, -0.25) is 14.5 Å². The van der Waals surface area contributed by atoms with Crippen molar-refractivity contribution in [1.29, 1.82) is 0 Å². The van der Waals surface area contributed by atoms with Gasteiger partial charge in [-0.2, -0.15) is 0 Å². The summed E-state index contributed by atoms with van der Waals surface area (Å²) < 4.78 is 32.4. The van der Waals surface area contributed by atoms with Gasteiger partial charge in [-0.05, 0) is 37.0 Å². The lowest BCUT2D eigenvalue weighted by Crippen LogP contribution is -2.31. The maximum Gasteiger partial charge on any atom is 0.240 e. The van der Waals surface area contributed by atoms with Gasteiger partial charge in [-0.1, -0.05) is 25.0 Å². The van der Waals surface area contributed by atoms with Crippen LogP contribution in [0.2, 0.25) is 0 Å². The Bertz CT molecular complexity index is 813. The van der Waals surface area contributed by atoms with E-state index in [-0.39, 0.29) is 48.2 Å². The molecule has 27 heavy (non-hydrogen) atoms. The van der Waals surface area contributed by atoms with Crippen molar-refractivity contribution >= 4 is 21.8 Å². The van der Waals surface area contributed by atoms with E-state index < -0.39 is 10.0 Å². The Morgan fingerprint density at radius 3 is 2.37 bits per heavy atom. The fraction of sp³-hybridized carbons (Fsp3) is 0.579. The average molecular weight is 394 g/mol. The topological polar surface area (TPSA) is 92.8 Å². The Morgan fingerprint density at radius 1 is 1.15 bits per heavy atom. The second kappa shape index (κ2) is 8.08. The Labute approximate surface area is 160 Å². The largest absolute Gasteiger partial charge is 0.383 e. The molecule has 148 valence electrons. The molecule has 3 rings (SSSR count). The van der Waals surface area contributed by atoms with E-state index in [1.54, 1.807) is 25.1 Å². The lowest BCUT2D eigenvalue weighted by atomic mass is 9.81. The number of carbonyl (C=O) groups excluding carboxylic acids is 2. The second-order valence-corrected chi connectivity index (χ2v) is 8.99. The van der Waals surface area contributed by atoms with Gasteiger partial charge >= 0.3 is 0 Å². The molecule has 1 aromatic carbocycles. The first-order chi connectivity index (χ1) is 12.8. The highest BCUT2D eigenvalue weighted by atomic mass is 32.2. The van der Waals surface area contributed by atoms with E-state index in [0.717, 1.165) is 25.7 Å². The van der Waals surface area contributed by atoms with E-state index >= 15 is 0 Å². The molecule has 1 aliphatic carbocycles. The number of nitrogens with one attached hydrogen (secondary N) is 1. The highest BCUT2D eigenvalue weighted by Gasteiger charge is 2.47. The van der Waals surface area contributed by atoms with Crippen molar-refractivity contribution in [3.8, 4) is 0 Å². The number of ether oxygens (including phenoxy) is 1. The standard InChI is InChI=1S/C19H26N2O5S/c1-13-7-8-14(11-17(13)27(24,25)20-9-10-26-2)12-21-18(22)15-5-3-4-6-16(15)19(21)23/h7-8,11,15-16,20H,3-6,9-10,12H2,1-2H3. The zero-order valence-corrected chi connectivity index (χ0v) is 16.5. The van der Waals surface area contributed by atoms with Crippen LogP contribution >= 0.6 is 0 Å². The van der Waals surface area contributed by atoms with Crippen molar-refractivity contribution in [1.82, 2.24) is 9.62 Å². The number of rotatable bonds is 7. The van der Waals surface area contributed by atoms with Crippen molar-refractivity contribution in [3.05, 3.63) is 29.3 Å². The first-order valence-electron chi connectivity index (χ1n) is 9.28. The Morgan fingerprint density at radius 2 is 1.78 bits per heavy atom. The zero-order valence-electron chi connectivity index (χ0n) is 15.7. The summed E-state index contributed by atoms with van der Waals surface area (Å²) in [5.41, 5.74) is 1.24. The maximum atomic E-state index is 12.6. The number of amides is 2. The van der Waals surface area contributed by atoms with Gasteiger partial charge in [0.05, 0.1) is 29.9 Å². The van der Waals surface area contributed by atoms with Crippen molar-refractivity contribution in [2.75, 3.05) is 20.3 Å². The molecule has 2 unspecified atom stereocenters. The van der Waals surface area contributed by atoms with Gasteiger partial charge in [-0.15, -0.1) is 0 Å². The van der Waals surface area contributed by atoms with E-state index in [1.807, 2.05) is 0 Å². The molecule has 2 fully saturated rings. The average Bonchev–Trinajstić information content (AvgIpc) is 2.88. The molecule has 8 heteroatoms. The Hall–Kier alpha value is -1.77. The molecule has 0 aromatic heterocycles. The monoisotopic (exact) mass is 394 g/mol. The third-order valence-corrected chi connectivity index (χ3v) is 7.02. The predicted molar refractivity (Wildman–Crippen MR) is 99.2 cm³/mol. The third kappa shape index (κ3) is 4.07. The molecule has 0 spiro atoms. The van der Waals surface area contributed by atoms with Crippen LogP contribution in [0, 0.1) is 18.8 Å². The number of imide groups is 1. The van der Waals surface area contributed by atoms with Crippen LogP contribution in [0.3, 0.4) is 0 Å². The highest BCUT2D eigenvalue weighted by Crippen LogP contribution is 2.38. The molecular formula is C19H26N2O5S. The third-order valence-electron chi connectivity index (χ3n) is 5.41. The van der Waals surface area contributed by atoms with Crippen LogP contribution in [0.15, 0.2) is 23.1 Å². The first-order valence-corrected chi connectivity index (χ1v) is 10.8. The minimum absolute atomic E-state index is 0.117. The van der Waals surface area contributed by atoms with Gasteiger partial charge in [0.1, 0.15) is 0 Å². The number of nitrogens with zero attached hydrogens (tertiary/aromatic N) is 1. The predicted octanol–water partition coefficient (Wildman–Crippen LogP) is 1.59. The molecule has 7 nitrogen and oxygen atoms in total. The lowest BCUT2D eigenvalue weighted by molar-refractivity contribution is -0.140. The number of hydrogen-bond donors (Lipinski definition) is 1. The molecule has 0 bridgehead atoms. The number of hydrogen-bond acceptors (Lipinski definition) is 5. The Balaban J connectivity index is 1.80. The van der Waals surface area contributed by atoms with Crippen LogP contribution in [0.1, 0.15) is 36.8 Å². The second-order valence-electron chi connectivity index (χ2n) is 7.25. The molecule has 1 saturated heterocycles. The van der Waals surface area contributed by atoms with Gasteiger partial charge in [0.2, 0.25) is 21.8 Å². The summed E-state index contributed by atoms with van der Waals surface area (Å²) in [4.78, 5) is 26.7. The van der Waals surface area contributed by atoms with Gasteiger partial charge in [0.15, 0.2) is 0 Å². The van der Waals surface area contributed by atoms with Gasteiger partial charge in [0.25, 0.3) is 0 Å². The summed E-state index contributed by atoms with van der Waals surface area (Å²) in [6.07, 6.45) is 3.49. The van der Waals surface area contributed by atoms with Gasteiger partial charge in [-0.25, -0.2) is 13.1 Å². The Kier molecular flexibility index (Phi) is 5.98. The number of sulfonamides is 1. The minimum Gasteiger partial charge on any atom is -0.383 e. The molecule has 1 saturated carbocycles. The highest BCUT2D eigenvalue weighted by molar-refractivity contribution is 7.89. The maximum absolute atomic E-state index is 12.6. The van der Waals surface area contributed by atoms with Crippen molar-refractivity contribution in [2.45, 2.75) is 44.0 Å². The first kappa shape index (κ1) is 20.0. The van der Waals surface area contributed by atoms with Crippen LogP contribution in [0.25, 0.3) is 0 Å². The normalized spacial score (nSPS) is 23.0. The summed E-state index contributed by atoms with van der Waals surface area (Å²) in [6.45, 7) is 2.29. The number of methoxy groups -OCH3 is 1. The van der Waals surface area contributed by atoms with Crippen LogP contribution in [-0.2, 0) is 30.9 Å². The number of carbonyl (C=O) groups is 2. The van der Waals surface area contributed by atoms with E-state index in [2.05, 4.69) is 4.72 Å². The number of benzene rings is 1. The molecule has 2 atom stereocenters. The molecule has 1 heterocycles. The van der Waals surface area contributed by atoms with Crippen molar-refractivity contribution < 1.29 is 22.7 Å². The molecule has 0 radical (unpaired) electrons. The number of fused-ring (bicyclic) bond motifs is 1. The van der Waals surface area contributed by atoms with Crippen LogP contribution in [0.4, 0.5) is 0 Å². The quantitative estimate of drug-likeness (QED) is 0.560. The van der Waals surface area contributed by atoms with E-state index in [9.17, 15) is 18.0 Å². The molecule has 1 N–H and O–H groups in total. The van der Waals surface area contributed by atoms with Crippen LogP contribution in [-0.4, -0.2) is 45.4 Å². The van der Waals surface area contributed by atoms with E-state index in [0.29, 0.717) is 11.1 Å². The van der Waals surface area contributed by atoms with Crippen LogP contribution < -0.4 is 4.72 Å². The number of aryl methyl sites for hydroxylation is 1. The summed E-state index contributed by atoms with van der Waals surface area (Å²) in [5, 5.41) is 0. The van der Waals surface area contributed by atoms with Crippen LogP contribution in [0.5, 0.6) is 0 Å². The SMILES string of the molecule is COCCNS(=O)(=O)c1cc(CN2C(=O)C3CCCCC3C2=O)ccc1C. The van der Waals surface area contributed by atoms with Crippen molar-refractivity contribution in [3.63, 3.8) is 0 Å². The summed E-state index contributed by atoms with van der Waals surface area (Å²) in [5.74, 6) is -0.632. The molecular weight excluding hydrogens is 368 g/mol. The van der Waals surface area contributed by atoms with E-state index in [1.165, 1.54) is 12.0 Å². The van der Waals surface area contributed by atoms with Gasteiger partial charge in [0, 0.05) is 13.7 Å². The fourth-order valence-corrected chi connectivity index (χ4v) is 5.26. The molecule has 2 aliphatic rings. The molecule has 1 aromatic rings. The smallest absolute Gasteiger partial charge is 0.240 e. The molecule has 2 amide bonds. The van der Waals surface area contributed by atoms with Gasteiger partial charge < -0.3 is 4.74 Å². The summed E-state index contributed by atoms with van der Waals surface area (Å²) in [7, 11) is -2.18. The zero-order chi connectivity index (χ0) is 19.6. The van der Waals surface area contributed by atoms with Crippen molar-refractivity contribution in [2.24, 2.45) is 11.8 Å². The summed E-state index contributed by atoms with van der Waals surface area (Å²) >= 11 is 0. The summed E-state index contributed by atoms with van der Waals surface area (Å²) in [6, 6.07) is 5.03. The molecule has 1 aliphatic heterocycles. The number of likely N-dealkylation sites (tertiary alicyclic amines) is 1. The fourth-order valence-electron chi connectivity index (χ4n) is 3.96. The lowest BCUT2D eigenvalue weighted by Gasteiger charge is -2.19. The van der Waals surface area contributed by atoms with E-state index in [4.69, 9.17) is 4.74 Å².